The average molecular weight is 366 g/mol. The molecule has 3 aromatic rings. The molecule has 0 fully saturated rings. The van der Waals surface area contributed by atoms with Crippen molar-refractivity contribution in [1.82, 2.24) is 0 Å². The standard InChI is InChI=1S/C20H12ClNO2S/c21-16-8-6-14(7-9-16)20(23)15(13-22)12-19-18(10-11-25-19)24-17-4-2-1-3-5-17/h1-12H. The van der Waals surface area contributed by atoms with Gasteiger partial charge >= 0.3 is 0 Å². The van der Waals surface area contributed by atoms with Crippen LogP contribution in [0.4, 0.5) is 0 Å². The molecule has 0 unspecified atom stereocenters. The molecule has 0 spiro atoms. The number of carbonyl (C=O) groups is 1. The molecule has 25 heavy (non-hydrogen) atoms. The lowest BCUT2D eigenvalue weighted by Crippen LogP contribution is -2.01. The molecule has 0 amide bonds. The summed E-state index contributed by atoms with van der Waals surface area (Å²) in [6, 6.07) is 19.6. The molecule has 5 heteroatoms. The number of allylic oxidation sites excluding steroid dienone is 1. The van der Waals surface area contributed by atoms with Crippen molar-refractivity contribution in [1.29, 1.82) is 5.26 Å². The first kappa shape index (κ1) is 17.0. The quantitative estimate of drug-likeness (QED) is 0.317. The maximum absolute atomic E-state index is 12.5. The van der Waals surface area contributed by atoms with Gasteiger partial charge in [0, 0.05) is 10.6 Å². The van der Waals surface area contributed by atoms with Crippen LogP contribution in [-0.4, -0.2) is 5.78 Å². The predicted molar refractivity (Wildman–Crippen MR) is 100 cm³/mol. The molecule has 3 nitrogen and oxygen atoms in total. The zero-order chi connectivity index (χ0) is 17.6. The van der Waals surface area contributed by atoms with Gasteiger partial charge < -0.3 is 4.74 Å². The Morgan fingerprint density at radius 1 is 1.08 bits per heavy atom. The van der Waals surface area contributed by atoms with Crippen LogP contribution in [0.3, 0.4) is 0 Å². The zero-order valence-corrected chi connectivity index (χ0v) is 14.6. The van der Waals surface area contributed by atoms with Crippen molar-refractivity contribution in [2.24, 2.45) is 0 Å². The topological polar surface area (TPSA) is 50.1 Å². The largest absolute Gasteiger partial charge is 0.456 e. The van der Waals surface area contributed by atoms with E-state index in [0.717, 1.165) is 0 Å². The monoisotopic (exact) mass is 365 g/mol. The number of para-hydroxylation sites is 1. The Bertz CT molecular complexity index is 953. The smallest absolute Gasteiger partial charge is 0.203 e. The fraction of sp³-hybridized carbons (Fsp3) is 0. The highest BCUT2D eigenvalue weighted by molar-refractivity contribution is 7.11. The number of thiophene rings is 1. The van der Waals surface area contributed by atoms with Gasteiger partial charge in [-0.2, -0.15) is 5.26 Å². The van der Waals surface area contributed by atoms with E-state index in [4.69, 9.17) is 16.3 Å². The third-order valence-corrected chi connectivity index (χ3v) is 4.47. The Hall–Kier alpha value is -2.87. The minimum atomic E-state index is -0.349. The Morgan fingerprint density at radius 3 is 2.48 bits per heavy atom. The highest BCUT2D eigenvalue weighted by Gasteiger charge is 2.14. The predicted octanol–water partition coefficient (Wildman–Crippen LogP) is 5.98. The van der Waals surface area contributed by atoms with Crippen molar-refractivity contribution in [3.8, 4) is 17.6 Å². The first-order valence-electron chi connectivity index (χ1n) is 7.40. The molecule has 0 saturated heterocycles. The molecule has 1 aromatic heterocycles. The molecule has 1 heterocycles. The Balaban J connectivity index is 1.88. The average Bonchev–Trinajstić information content (AvgIpc) is 3.07. The summed E-state index contributed by atoms with van der Waals surface area (Å²) in [5.41, 5.74) is 0.460. The van der Waals surface area contributed by atoms with Gasteiger partial charge in [0.25, 0.3) is 0 Å². The SMILES string of the molecule is N#CC(=Cc1sccc1Oc1ccccc1)C(=O)c1ccc(Cl)cc1. The molecular formula is C20H12ClNO2S. The molecule has 3 rings (SSSR count). The summed E-state index contributed by atoms with van der Waals surface area (Å²) in [5, 5.41) is 11.8. The van der Waals surface area contributed by atoms with Gasteiger partial charge in [-0.25, -0.2) is 0 Å². The molecule has 0 radical (unpaired) electrons. The first-order valence-corrected chi connectivity index (χ1v) is 8.65. The number of ether oxygens (including phenoxy) is 1. The van der Waals surface area contributed by atoms with Crippen LogP contribution in [0.15, 0.2) is 71.6 Å². The number of hydrogen-bond donors (Lipinski definition) is 0. The van der Waals surface area contributed by atoms with E-state index in [1.165, 1.54) is 11.3 Å². The van der Waals surface area contributed by atoms with E-state index in [9.17, 15) is 10.1 Å². The zero-order valence-electron chi connectivity index (χ0n) is 13.0. The minimum absolute atomic E-state index is 0.0442. The van der Waals surface area contributed by atoms with Gasteiger partial charge in [-0.15, -0.1) is 11.3 Å². The van der Waals surface area contributed by atoms with Crippen molar-refractivity contribution >= 4 is 34.8 Å². The van der Waals surface area contributed by atoms with E-state index in [1.54, 1.807) is 30.3 Å². The molecule has 2 aromatic carbocycles. The fourth-order valence-corrected chi connectivity index (χ4v) is 3.03. The Morgan fingerprint density at radius 2 is 1.80 bits per heavy atom. The second-order valence-corrected chi connectivity index (χ2v) is 6.45. The molecule has 0 aliphatic heterocycles. The summed E-state index contributed by atoms with van der Waals surface area (Å²) in [5.74, 6) is 0.948. The van der Waals surface area contributed by atoms with E-state index in [-0.39, 0.29) is 11.4 Å². The third-order valence-electron chi connectivity index (χ3n) is 3.38. The Kier molecular flexibility index (Phi) is 5.30. The number of hydrogen-bond acceptors (Lipinski definition) is 4. The number of rotatable bonds is 5. The summed E-state index contributed by atoms with van der Waals surface area (Å²) in [6.45, 7) is 0. The van der Waals surface area contributed by atoms with Crippen molar-refractivity contribution in [3.63, 3.8) is 0 Å². The first-order chi connectivity index (χ1) is 12.2. The lowest BCUT2D eigenvalue weighted by atomic mass is 10.0. The van der Waals surface area contributed by atoms with Crippen LogP contribution in [0.5, 0.6) is 11.5 Å². The van der Waals surface area contributed by atoms with Crippen molar-refractivity contribution in [2.75, 3.05) is 0 Å². The lowest BCUT2D eigenvalue weighted by molar-refractivity contribution is 0.104. The van der Waals surface area contributed by atoms with Crippen LogP contribution in [0.1, 0.15) is 15.2 Å². The summed E-state index contributed by atoms with van der Waals surface area (Å²) in [7, 11) is 0. The molecule has 0 saturated carbocycles. The van der Waals surface area contributed by atoms with Crippen LogP contribution in [0.2, 0.25) is 5.02 Å². The number of halogens is 1. The van der Waals surface area contributed by atoms with Crippen LogP contribution in [0.25, 0.3) is 6.08 Å². The molecule has 0 atom stereocenters. The normalized spacial score (nSPS) is 11.0. The Labute approximate surface area is 154 Å². The number of nitriles is 1. The van der Waals surface area contributed by atoms with Gasteiger partial charge in [-0.05, 0) is 53.9 Å². The summed E-state index contributed by atoms with van der Waals surface area (Å²) in [4.78, 5) is 13.2. The maximum atomic E-state index is 12.5. The second kappa shape index (κ2) is 7.80. The van der Waals surface area contributed by atoms with E-state index < -0.39 is 0 Å². The number of benzene rings is 2. The van der Waals surface area contributed by atoms with E-state index >= 15 is 0 Å². The second-order valence-electron chi connectivity index (χ2n) is 5.07. The van der Waals surface area contributed by atoms with Crippen LogP contribution in [-0.2, 0) is 0 Å². The third kappa shape index (κ3) is 4.16. The van der Waals surface area contributed by atoms with Crippen molar-refractivity contribution in [2.45, 2.75) is 0 Å². The van der Waals surface area contributed by atoms with Gasteiger partial charge in [-0.1, -0.05) is 29.8 Å². The molecular weight excluding hydrogens is 354 g/mol. The number of carbonyl (C=O) groups excluding carboxylic acids is 1. The maximum Gasteiger partial charge on any atom is 0.203 e. The van der Waals surface area contributed by atoms with E-state index in [0.29, 0.717) is 27.0 Å². The molecule has 0 aliphatic carbocycles. The van der Waals surface area contributed by atoms with E-state index in [1.807, 2.05) is 47.8 Å². The van der Waals surface area contributed by atoms with Gasteiger partial charge in [0.05, 0.1) is 4.88 Å². The molecule has 0 N–H and O–H groups in total. The summed E-state index contributed by atoms with van der Waals surface area (Å²) in [6.07, 6.45) is 1.56. The number of Topliss-reactive ketones (excluding diaryl/α,β-unsaturated/α-hetero) is 1. The van der Waals surface area contributed by atoms with Gasteiger partial charge in [0.2, 0.25) is 5.78 Å². The highest BCUT2D eigenvalue weighted by atomic mass is 35.5. The number of ketones is 1. The van der Waals surface area contributed by atoms with Crippen molar-refractivity contribution < 1.29 is 9.53 Å². The summed E-state index contributed by atoms with van der Waals surface area (Å²) >= 11 is 7.24. The minimum Gasteiger partial charge on any atom is -0.456 e. The number of nitrogens with zero attached hydrogens (tertiary/aromatic N) is 1. The van der Waals surface area contributed by atoms with Gasteiger partial charge in [0.1, 0.15) is 23.1 Å². The lowest BCUT2D eigenvalue weighted by Gasteiger charge is -2.05. The fourth-order valence-electron chi connectivity index (χ4n) is 2.15. The van der Waals surface area contributed by atoms with Gasteiger partial charge in [0.15, 0.2) is 0 Å². The van der Waals surface area contributed by atoms with Crippen LogP contribution >= 0.6 is 22.9 Å². The van der Waals surface area contributed by atoms with Crippen molar-refractivity contribution in [3.05, 3.63) is 87.1 Å². The van der Waals surface area contributed by atoms with E-state index in [2.05, 4.69) is 0 Å². The summed E-state index contributed by atoms with van der Waals surface area (Å²) < 4.78 is 5.82. The van der Waals surface area contributed by atoms with Gasteiger partial charge in [-0.3, -0.25) is 4.79 Å². The molecule has 122 valence electrons. The highest BCUT2D eigenvalue weighted by Crippen LogP contribution is 2.32. The van der Waals surface area contributed by atoms with Crippen LogP contribution in [0, 0.1) is 11.3 Å². The molecule has 0 aliphatic rings. The molecule has 0 bridgehead atoms. The van der Waals surface area contributed by atoms with Crippen LogP contribution < -0.4 is 4.74 Å².